The summed E-state index contributed by atoms with van der Waals surface area (Å²) >= 11 is 0. The van der Waals surface area contributed by atoms with Gasteiger partial charge in [0, 0.05) is 6.42 Å². The molecule has 1 aromatic rings. The molecule has 0 radical (unpaired) electrons. The smallest absolute Gasteiger partial charge is 0.338 e. The van der Waals surface area contributed by atoms with Gasteiger partial charge >= 0.3 is 11.9 Å². The van der Waals surface area contributed by atoms with E-state index in [0.29, 0.717) is 31.6 Å². The standard InChI is InChI=1S/C16H22O4/c1-4-12-11-14(16(18)20-6-3)8-7-13(12)9-10-15(17)19-5-2/h7-8,11H,4-6,9-10H2,1-3H3. The summed E-state index contributed by atoms with van der Waals surface area (Å²) in [6.45, 7) is 6.38. The number of carbonyl (C=O) groups is 2. The van der Waals surface area contributed by atoms with Crippen LogP contribution in [0.4, 0.5) is 0 Å². The average Bonchev–Trinajstić information content (AvgIpc) is 2.45. The summed E-state index contributed by atoms with van der Waals surface area (Å²) < 4.78 is 9.90. The van der Waals surface area contributed by atoms with Crippen molar-refractivity contribution in [2.75, 3.05) is 13.2 Å². The van der Waals surface area contributed by atoms with Crippen molar-refractivity contribution in [2.45, 2.75) is 40.0 Å². The van der Waals surface area contributed by atoms with Crippen LogP contribution in [0.25, 0.3) is 0 Å². The number of benzene rings is 1. The molecule has 1 rings (SSSR count). The predicted molar refractivity (Wildman–Crippen MR) is 76.7 cm³/mol. The first-order valence-electron chi connectivity index (χ1n) is 7.06. The van der Waals surface area contributed by atoms with E-state index in [4.69, 9.17) is 9.47 Å². The molecular weight excluding hydrogens is 256 g/mol. The Morgan fingerprint density at radius 3 is 2.30 bits per heavy atom. The van der Waals surface area contributed by atoms with Gasteiger partial charge in [-0.3, -0.25) is 4.79 Å². The lowest BCUT2D eigenvalue weighted by Crippen LogP contribution is -2.08. The average molecular weight is 278 g/mol. The second-order valence-corrected chi connectivity index (χ2v) is 4.36. The van der Waals surface area contributed by atoms with E-state index in [9.17, 15) is 9.59 Å². The minimum absolute atomic E-state index is 0.191. The molecule has 1 aromatic carbocycles. The van der Waals surface area contributed by atoms with Gasteiger partial charge in [0.15, 0.2) is 0 Å². The van der Waals surface area contributed by atoms with Gasteiger partial charge in [-0.05, 0) is 49.9 Å². The number of rotatable bonds is 7. The van der Waals surface area contributed by atoms with E-state index in [2.05, 4.69) is 0 Å². The fourth-order valence-electron chi connectivity index (χ4n) is 2.01. The molecule has 0 heterocycles. The number of esters is 2. The Balaban J connectivity index is 2.77. The van der Waals surface area contributed by atoms with Crippen LogP contribution in [0.1, 0.15) is 48.7 Å². The molecule has 0 unspecified atom stereocenters. The van der Waals surface area contributed by atoms with Crippen LogP contribution in [-0.4, -0.2) is 25.2 Å². The van der Waals surface area contributed by atoms with Gasteiger partial charge in [0.05, 0.1) is 18.8 Å². The zero-order valence-electron chi connectivity index (χ0n) is 12.4. The van der Waals surface area contributed by atoms with E-state index in [1.165, 1.54) is 0 Å². The number of ether oxygens (including phenoxy) is 2. The van der Waals surface area contributed by atoms with Crippen molar-refractivity contribution >= 4 is 11.9 Å². The van der Waals surface area contributed by atoms with Crippen LogP contribution in [0.3, 0.4) is 0 Å². The Kier molecular flexibility index (Phi) is 6.77. The first-order chi connectivity index (χ1) is 9.62. The second kappa shape index (κ2) is 8.35. The van der Waals surface area contributed by atoms with Crippen LogP contribution in [0.5, 0.6) is 0 Å². The maximum Gasteiger partial charge on any atom is 0.338 e. The normalized spacial score (nSPS) is 10.2. The highest BCUT2D eigenvalue weighted by molar-refractivity contribution is 5.89. The van der Waals surface area contributed by atoms with Crippen LogP contribution in [0.2, 0.25) is 0 Å². The van der Waals surface area contributed by atoms with E-state index in [1.54, 1.807) is 19.9 Å². The second-order valence-electron chi connectivity index (χ2n) is 4.36. The van der Waals surface area contributed by atoms with E-state index < -0.39 is 0 Å². The summed E-state index contributed by atoms with van der Waals surface area (Å²) in [5, 5.41) is 0. The van der Waals surface area contributed by atoms with Gasteiger partial charge in [-0.2, -0.15) is 0 Å². The third-order valence-corrected chi connectivity index (χ3v) is 3.00. The molecule has 4 nitrogen and oxygen atoms in total. The minimum Gasteiger partial charge on any atom is -0.466 e. The van der Waals surface area contributed by atoms with Crippen molar-refractivity contribution in [1.29, 1.82) is 0 Å². The molecule has 0 saturated carbocycles. The van der Waals surface area contributed by atoms with Gasteiger partial charge in [-0.15, -0.1) is 0 Å². The quantitative estimate of drug-likeness (QED) is 0.720. The van der Waals surface area contributed by atoms with Crippen LogP contribution >= 0.6 is 0 Å². The predicted octanol–water partition coefficient (Wildman–Crippen LogP) is 2.92. The minimum atomic E-state index is -0.306. The molecule has 0 aliphatic carbocycles. The van der Waals surface area contributed by atoms with Gasteiger partial charge in [0.1, 0.15) is 0 Å². The van der Waals surface area contributed by atoms with Crippen LogP contribution in [-0.2, 0) is 27.1 Å². The summed E-state index contributed by atoms with van der Waals surface area (Å²) in [5.41, 5.74) is 2.71. The molecule has 0 atom stereocenters. The summed E-state index contributed by atoms with van der Waals surface area (Å²) in [4.78, 5) is 23.1. The first-order valence-corrected chi connectivity index (χ1v) is 7.06. The van der Waals surface area contributed by atoms with Gasteiger partial charge < -0.3 is 9.47 Å². The summed E-state index contributed by atoms with van der Waals surface area (Å²) in [6, 6.07) is 5.49. The molecule has 0 fully saturated rings. The number of hydrogen-bond donors (Lipinski definition) is 0. The van der Waals surface area contributed by atoms with Gasteiger partial charge in [0.2, 0.25) is 0 Å². The molecule has 0 aliphatic rings. The zero-order valence-corrected chi connectivity index (χ0v) is 12.4. The van der Waals surface area contributed by atoms with Crippen LogP contribution in [0, 0.1) is 0 Å². The van der Waals surface area contributed by atoms with Crippen molar-refractivity contribution in [1.82, 2.24) is 0 Å². The van der Waals surface area contributed by atoms with E-state index >= 15 is 0 Å². The Morgan fingerprint density at radius 2 is 1.70 bits per heavy atom. The number of aryl methyl sites for hydroxylation is 2. The lowest BCUT2D eigenvalue weighted by molar-refractivity contribution is -0.143. The van der Waals surface area contributed by atoms with Gasteiger partial charge in [0.25, 0.3) is 0 Å². The van der Waals surface area contributed by atoms with Gasteiger partial charge in [-0.1, -0.05) is 13.0 Å². The highest BCUT2D eigenvalue weighted by Gasteiger charge is 2.11. The van der Waals surface area contributed by atoms with E-state index in [-0.39, 0.29) is 11.9 Å². The SMILES string of the molecule is CCOC(=O)CCc1ccc(C(=O)OCC)cc1CC. The molecule has 0 amide bonds. The maximum absolute atomic E-state index is 11.7. The Hall–Kier alpha value is -1.84. The molecule has 4 heteroatoms. The fraction of sp³-hybridized carbons (Fsp3) is 0.500. The topological polar surface area (TPSA) is 52.6 Å². The molecule has 0 aliphatic heterocycles. The molecular formula is C16H22O4. The monoisotopic (exact) mass is 278 g/mol. The lowest BCUT2D eigenvalue weighted by atomic mass is 9.98. The molecule has 110 valence electrons. The van der Waals surface area contributed by atoms with Crippen molar-refractivity contribution in [3.05, 3.63) is 34.9 Å². The highest BCUT2D eigenvalue weighted by atomic mass is 16.5. The van der Waals surface area contributed by atoms with Crippen molar-refractivity contribution in [2.24, 2.45) is 0 Å². The highest BCUT2D eigenvalue weighted by Crippen LogP contribution is 2.16. The Bertz CT molecular complexity index is 466. The summed E-state index contributed by atoms with van der Waals surface area (Å²) in [6.07, 6.45) is 1.80. The Morgan fingerprint density at radius 1 is 1.00 bits per heavy atom. The lowest BCUT2D eigenvalue weighted by Gasteiger charge is -2.10. The van der Waals surface area contributed by atoms with Crippen molar-refractivity contribution in [3.63, 3.8) is 0 Å². The summed E-state index contributed by atoms with van der Waals surface area (Å²) in [5.74, 6) is -0.497. The molecule has 0 spiro atoms. The molecule has 0 aromatic heterocycles. The third-order valence-electron chi connectivity index (χ3n) is 3.00. The third kappa shape index (κ3) is 4.68. The molecule has 0 saturated heterocycles. The zero-order chi connectivity index (χ0) is 15.0. The summed E-state index contributed by atoms with van der Waals surface area (Å²) in [7, 11) is 0. The van der Waals surface area contributed by atoms with Gasteiger partial charge in [-0.25, -0.2) is 4.79 Å². The molecule has 20 heavy (non-hydrogen) atoms. The largest absolute Gasteiger partial charge is 0.466 e. The molecule has 0 N–H and O–H groups in total. The van der Waals surface area contributed by atoms with Crippen LogP contribution < -0.4 is 0 Å². The molecule has 0 bridgehead atoms. The Labute approximate surface area is 120 Å². The van der Waals surface area contributed by atoms with E-state index in [1.807, 2.05) is 19.1 Å². The van der Waals surface area contributed by atoms with Crippen LogP contribution in [0.15, 0.2) is 18.2 Å². The van der Waals surface area contributed by atoms with Crippen molar-refractivity contribution < 1.29 is 19.1 Å². The maximum atomic E-state index is 11.7. The number of carbonyl (C=O) groups excluding carboxylic acids is 2. The first kappa shape index (κ1) is 16.2. The van der Waals surface area contributed by atoms with E-state index in [0.717, 1.165) is 17.5 Å². The van der Waals surface area contributed by atoms with Crippen molar-refractivity contribution in [3.8, 4) is 0 Å². The number of hydrogen-bond acceptors (Lipinski definition) is 4. The fourth-order valence-corrected chi connectivity index (χ4v) is 2.01.